The van der Waals surface area contributed by atoms with E-state index >= 15 is 0 Å². The van der Waals surface area contributed by atoms with E-state index in [1.165, 1.54) is 13.2 Å². The summed E-state index contributed by atoms with van der Waals surface area (Å²) < 4.78 is 4.55. The van der Waals surface area contributed by atoms with Crippen LogP contribution in [0.4, 0.5) is 5.69 Å². The molecule has 0 aliphatic heterocycles. The molecule has 114 valence electrons. The fraction of sp³-hybridized carbons (Fsp3) is 0.375. The van der Waals surface area contributed by atoms with E-state index in [9.17, 15) is 9.59 Å². The van der Waals surface area contributed by atoms with Gasteiger partial charge in [-0.05, 0) is 30.7 Å². The van der Waals surface area contributed by atoms with Crippen LogP contribution < -0.4 is 10.2 Å². The van der Waals surface area contributed by atoms with E-state index in [4.69, 9.17) is 0 Å². The molecule has 5 heteroatoms. The highest BCUT2D eigenvalue weighted by Crippen LogP contribution is 2.13. The first-order valence-corrected chi connectivity index (χ1v) is 6.75. The molecule has 0 unspecified atom stereocenters. The average Bonchev–Trinajstić information content (AvgIpc) is 2.45. The summed E-state index contributed by atoms with van der Waals surface area (Å²) in [5.74, 6) is -0.575. The Balaban J connectivity index is 2.51. The largest absolute Gasteiger partial charge is 0.469 e. The SMILES string of the molecule is COC(=O)C[C@H](C)NC(=O)/C=C/c1ccc(N(C)C)cc1. The summed E-state index contributed by atoms with van der Waals surface area (Å²) in [7, 11) is 5.27. The molecule has 0 heterocycles. The molecule has 1 amide bonds. The first-order valence-electron chi connectivity index (χ1n) is 6.75. The molecule has 0 saturated carbocycles. The Morgan fingerprint density at radius 3 is 2.43 bits per heavy atom. The number of benzene rings is 1. The molecule has 0 aromatic heterocycles. The molecular weight excluding hydrogens is 268 g/mol. The van der Waals surface area contributed by atoms with Gasteiger partial charge < -0.3 is 15.0 Å². The maximum absolute atomic E-state index is 11.7. The predicted octanol–water partition coefficient (Wildman–Crippen LogP) is 1.83. The third kappa shape index (κ3) is 6.12. The van der Waals surface area contributed by atoms with Gasteiger partial charge in [0.25, 0.3) is 0 Å². The number of anilines is 1. The predicted molar refractivity (Wildman–Crippen MR) is 84.0 cm³/mol. The molecule has 1 aromatic rings. The van der Waals surface area contributed by atoms with Gasteiger partial charge in [-0.1, -0.05) is 12.1 Å². The lowest BCUT2D eigenvalue weighted by Crippen LogP contribution is -2.33. The van der Waals surface area contributed by atoms with Gasteiger partial charge in [-0.25, -0.2) is 0 Å². The zero-order chi connectivity index (χ0) is 15.8. The van der Waals surface area contributed by atoms with E-state index in [0.717, 1.165) is 11.3 Å². The lowest BCUT2D eigenvalue weighted by atomic mass is 10.2. The third-order valence-electron chi connectivity index (χ3n) is 2.93. The van der Waals surface area contributed by atoms with Crippen LogP contribution in [0.2, 0.25) is 0 Å². The van der Waals surface area contributed by atoms with Gasteiger partial charge in [-0.15, -0.1) is 0 Å². The van der Waals surface area contributed by atoms with Gasteiger partial charge in [-0.2, -0.15) is 0 Å². The minimum Gasteiger partial charge on any atom is -0.469 e. The topological polar surface area (TPSA) is 58.6 Å². The standard InChI is InChI=1S/C16H22N2O3/c1-12(11-16(20)21-4)17-15(19)10-7-13-5-8-14(9-6-13)18(2)3/h5-10,12H,11H2,1-4H3,(H,17,19)/b10-7+/t12-/m0/s1. The van der Waals surface area contributed by atoms with E-state index in [1.54, 1.807) is 13.0 Å². The number of esters is 1. The van der Waals surface area contributed by atoms with E-state index in [0.29, 0.717) is 0 Å². The maximum atomic E-state index is 11.7. The molecule has 1 aromatic carbocycles. The van der Waals surface area contributed by atoms with Crippen molar-refractivity contribution in [2.45, 2.75) is 19.4 Å². The quantitative estimate of drug-likeness (QED) is 0.641. The van der Waals surface area contributed by atoms with Gasteiger partial charge in [0.2, 0.25) is 5.91 Å². The van der Waals surface area contributed by atoms with Crippen molar-refractivity contribution in [3.8, 4) is 0 Å². The minimum absolute atomic E-state index is 0.160. The minimum atomic E-state index is -0.342. The van der Waals surface area contributed by atoms with Crippen molar-refractivity contribution in [1.82, 2.24) is 5.32 Å². The molecule has 0 fully saturated rings. The average molecular weight is 290 g/mol. The number of carbonyl (C=O) groups excluding carboxylic acids is 2. The summed E-state index contributed by atoms with van der Waals surface area (Å²) in [5.41, 5.74) is 2.04. The number of nitrogens with zero attached hydrogens (tertiary/aromatic N) is 1. The zero-order valence-electron chi connectivity index (χ0n) is 12.9. The Kier molecular flexibility index (Phi) is 6.46. The van der Waals surface area contributed by atoms with E-state index in [2.05, 4.69) is 10.1 Å². The second-order valence-electron chi connectivity index (χ2n) is 5.01. The normalized spacial score (nSPS) is 12.0. The molecule has 1 rings (SSSR count). The van der Waals surface area contributed by atoms with Crippen LogP contribution in [0.5, 0.6) is 0 Å². The number of nitrogens with one attached hydrogen (secondary N) is 1. The number of methoxy groups -OCH3 is 1. The summed E-state index contributed by atoms with van der Waals surface area (Å²) in [4.78, 5) is 24.8. The van der Waals surface area contributed by atoms with Crippen molar-refractivity contribution in [3.63, 3.8) is 0 Å². The molecule has 0 spiro atoms. The molecule has 0 aliphatic carbocycles. The first kappa shape index (κ1) is 16.8. The highest BCUT2D eigenvalue weighted by molar-refractivity contribution is 5.92. The summed E-state index contributed by atoms with van der Waals surface area (Å²) in [6.45, 7) is 1.76. The maximum Gasteiger partial charge on any atom is 0.307 e. The third-order valence-corrected chi connectivity index (χ3v) is 2.93. The van der Waals surface area contributed by atoms with Gasteiger partial charge >= 0.3 is 5.97 Å². The molecule has 0 radical (unpaired) electrons. The fourth-order valence-electron chi connectivity index (χ4n) is 1.73. The second kappa shape index (κ2) is 8.09. The number of ether oxygens (including phenoxy) is 1. The molecule has 0 aliphatic rings. The van der Waals surface area contributed by atoms with Crippen molar-refractivity contribution in [2.24, 2.45) is 0 Å². The van der Waals surface area contributed by atoms with Crippen LogP contribution in [0.15, 0.2) is 30.3 Å². The van der Waals surface area contributed by atoms with Crippen LogP contribution in [0.3, 0.4) is 0 Å². The Bertz CT molecular complexity index is 507. The Hall–Kier alpha value is -2.30. The Morgan fingerprint density at radius 1 is 1.29 bits per heavy atom. The summed E-state index contributed by atoms with van der Waals surface area (Å²) in [6, 6.07) is 7.59. The summed E-state index contributed by atoms with van der Waals surface area (Å²) in [6.07, 6.45) is 3.35. The highest BCUT2D eigenvalue weighted by Gasteiger charge is 2.10. The van der Waals surface area contributed by atoms with E-state index in [1.807, 2.05) is 43.3 Å². The summed E-state index contributed by atoms with van der Waals surface area (Å²) in [5, 5.41) is 2.71. The number of hydrogen-bond donors (Lipinski definition) is 1. The van der Waals surface area contributed by atoms with Crippen molar-refractivity contribution in [3.05, 3.63) is 35.9 Å². The van der Waals surface area contributed by atoms with Gasteiger partial charge in [0.15, 0.2) is 0 Å². The number of amides is 1. The molecule has 0 bridgehead atoms. The van der Waals surface area contributed by atoms with Crippen LogP contribution in [0, 0.1) is 0 Å². The number of rotatable bonds is 6. The molecule has 0 saturated heterocycles. The second-order valence-corrected chi connectivity index (χ2v) is 5.01. The van der Waals surface area contributed by atoms with Gasteiger partial charge in [0.1, 0.15) is 0 Å². The number of carbonyl (C=O) groups is 2. The lowest BCUT2D eigenvalue weighted by Gasteiger charge is -2.12. The van der Waals surface area contributed by atoms with Gasteiger partial charge in [-0.3, -0.25) is 9.59 Å². The molecule has 1 atom stereocenters. The monoisotopic (exact) mass is 290 g/mol. The van der Waals surface area contributed by atoms with Crippen LogP contribution in [-0.4, -0.2) is 39.1 Å². The van der Waals surface area contributed by atoms with E-state index in [-0.39, 0.29) is 24.3 Å². The van der Waals surface area contributed by atoms with Gasteiger partial charge in [0, 0.05) is 31.9 Å². The van der Waals surface area contributed by atoms with Crippen molar-refractivity contribution in [1.29, 1.82) is 0 Å². The molecule has 1 N–H and O–H groups in total. The number of hydrogen-bond acceptors (Lipinski definition) is 4. The van der Waals surface area contributed by atoms with Crippen molar-refractivity contribution >= 4 is 23.6 Å². The fourth-order valence-corrected chi connectivity index (χ4v) is 1.73. The molecular formula is C16H22N2O3. The van der Waals surface area contributed by atoms with E-state index < -0.39 is 0 Å². The van der Waals surface area contributed by atoms with Crippen molar-refractivity contribution in [2.75, 3.05) is 26.1 Å². The Morgan fingerprint density at radius 2 is 1.90 bits per heavy atom. The zero-order valence-corrected chi connectivity index (χ0v) is 12.9. The van der Waals surface area contributed by atoms with Crippen LogP contribution in [-0.2, 0) is 14.3 Å². The first-order chi connectivity index (χ1) is 9.92. The van der Waals surface area contributed by atoms with Crippen LogP contribution in [0.25, 0.3) is 6.08 Å². The molecule has 5 nitrogen and oxygen atoms in total. The van der Waals surface area contributed by atoms with Crippen LogP contribution in [0.1, 0.15) is 18.9 Å². The highest BCUT2D eigenvalue weighted by atomic mass is 16.5. The van der Waals surface area contributed by atoms with Gasteiger partial charge in [0.05, 0.1) is 13.5 Å². The smallest absolute Gasteiger partial charge is 0.307 e. The van der Waals surface area contributed by atoms with Crippen molar-refractivity contribution < 1.29 is 14.3 Å². The van der Waals surface area contributed by atoms with Crippen LogP contribution >= 0.6 is 0 Å². The summed E-state index contributed by atoms with van der Waals surface area (Å²) >= 11 is 0. The Labute approximate surface area is 125 Å². The lowest BCUT2D eigenvalue weighted by molar-refractivity contribution is -0.141. The molecule has 21 heavy (non-hydrogen) atoms.